The highest BCUT2D eigenvalue weighted by molar-refractivity contribution is 7.12. The number of halogens is 2. The van der Waals surface area contributed by atoms with Crippen LogP contribution in [0.25, 0.3) is 0 Å². The van der Waals surface area contributed by atoms with Crippen LogP contribution < -0.4 is 0 Å². The van der Waals surface area contributed by atoms with E-state index in [-0.39, 0.29) is 0 Å². The monoisotopic (exact) mass is 232 g/mol. The number of ketones is 2. The van der Waals surface area contributed by atoms with Crippen molar-refractivity contribution in [3.63, 3.8) is 0 Å². The van der Waals surface area contributed by atoms with Crippen LogP contribution in [0.1, 0.15) is 28.6 Å². The van der Waals surface area contributed by atoms with E-state index >= 15 is 0 Å². The van der Waals surface area contributed by atoms with Gasteiger partial charge in [-0.2, -0.15) is 8.78 Å². The lowest BCUT2D eigenvalue weighted by atomic mass is 10.1. The molecule has 1 aromatic heterocycles. The summed E-state index contributed by atoms with van der Waals surface area (Å²) in [5.74, 6) is -5.30. The van der Waals surface area contributed by atoms with Crippen molar-refractivity contribution in [1.82, 2.24) is 0 Å². The van der Waals surface area contributed by atoms with Crippen molar-refractivity contribution in [3.8, 4) is 0 Å². The molecule has 0 radical (unpaired) electrons. The van der Waals surface area contributed by atoms with Crippen molar-refractivity contribution in [2.75, 3.05) is 0 Å². The van der Waals surface area contributed by atoms with Gasteiger partial charge in [0.25, 0.3) is 0 Å². The molecule has 15 heavy (non-hydrogen) atoms. The van der Waals surface area contributed by atoms with Gasteiger partial charge >= 0.3 is 5.92 Å². The van der Waals surface area contributed by atoms with Crippen LogP contribution in [0, 0.1) is 6.92 Å². The normalized spacial score (nSPS) is 11.5. The topological polar surface area (TPSA) is 34.1 Å². The van der Waals surface area contributed by atoms with Gasteiger partial charge in [-0.05, 0) is 23.9 Å². The molecule has 0 unspecified atom stereocenters. The maximum atomic E-state index is 12.5. The first-order valence-corrected chi connectivity index (χ1v) is 5.18. The summed E-state index contributed by atoms with van der Waals surface area (Å²) in [4.78, 5) is 22.7. The molecular formula is C10H10F2O2S. The maximum Gasteiger partial charge on any atom is 0.303 e. The zero-order valence-electron chi connectivity index (χ0n) is 8.34. The summed E-state index contributed by atoms with van der Waals surface area (Å²) in [5.41, 5.74) is 0.720. The maximum absolute atomic E-state index is 12.5. The second kappa shape index (κ2) is 4.18. The molecule has 0 bridgehead atoms. The summed E-state index contributed by atoms with van der Waals surface area (Å²) in [6, 6.07) is 1.71. The number of alkyl halides is 2. The van der Waals surface area contributed by atoms with Crippen LogP contribution in [0.15, 0.2) is 11.4 Å². The minimum Gasteiger partial charge on any atom is -0.293 e. The molecule has 82 valence electrons. The van der Waals surface area contributed by atoms with Gasteiger partial charge in [0.15, 0.2) is 5.78 Å². The van der Waals surface area contributed by atoms with Crippen LogP contribution in [0.2, 0.25) is 0 Å². The third kappa shape index (κ3) is 2.92. The minimum absolute atomic E-state index is 0.382. The number of carbonyl (C=O) groups is 2. The molecule has 0 spiro atoms. The van der Waals surface area contributed by atoms with E-state index in [0.717, 1.165) is 16.9 Å². The van der Waals surface area contributed by atoms with E-state index in [4.69, 9.17) is 0 Å². The van der Waals surface area contributed by atoms with Crippen molar-refractivity contribution in [3.05, 3.63) is 21.9 Å². The molecule has 0 saturated heterocycles. The predicted molar refractivity (Wildman–Crippen MR) is 53.6 cm³/mol. The Morgan fingerprint density at radius 2 is 2.07 bits per heavy atom. The second-order valence-corrected chi connectivity index (χ2v) is 4.26. The molecule has 0 aromatic carbocycles. The van der Waals surface area contributed by atoms with Crippen molar-refractivity contribution >= 4 is 22.9 Å². The first-order valence-electron chi connectivity index (χ1n) is 4.31. The molecule has 0 saturated carbocycles. The molecule has 0 atom stereocenters. The van der Waals surface area contributed by atoms with Gasteiger partial charge in [-0.25, -0.2) is 0 Å². The summed E-state index contributed by atoms with van der Waals surface area (Å²) < 4.78 is 25.0. The molecule has 0 N–H and O–H groups in total. The average Bonchev–Trinajstić information content (AvgIpc) is 2.49. The van der Waals surface area contributed by atoms with E-state index in [0.29, 0.717) is 11.8 Å². The number of rotatable bonds is 4. The van der Waals surface area contributed by atoms with Crippen LogP contribution in [0.4, 0.5) is 8.78 Å². The fourth-order valence-corrected chi connectivity index (χ4v) is 1.91. The summed E-state index contributed by atoms with van der Waals surface area (Å²) >= 11 is 1.16. The molecule has 0 fully saturated rings. The lowest BCUT2D eigenvalue weighted by molar-refractivity contribution is -0.139. The first-order chi connectivity index (χ1) is 6.82. The van der Waals surface area contributed by atoms with Gasteiger partial charge in [-0.1, -0.05) is 0 Å². The third-order valence-corrected chi connectivity index (χ3v) is 2.98. The van der Waals surface area contributed by atoms with Gasteiger partial charge in [0.2, 0.25) is 5.78 Å². The molecule has 0 aliphatic rings. The average molecular weight is 232 g/mol. The Bertz CT molecular complexity index is 390. The smallest absolute Gasteiger partial charge is 0.293 e. The van der Waals surface area contributed by atoms with E-state index in [1.165, 1.54) is 0 Å². The van der Waals surface area contributed by atoms with Crippen LogP contribution in [-0.4, -0.2) is 17.5 Å². The molecule has 0 aliphatic carbocycles. The van der Waals surface area contributed by atoms with Crippen molar-refractivity contribution < 1.29 is 18.4 Å². The standard InChI is InChI=1S/C10H10F2O2S/c1-6-3-4-15-9(6)7(13)5-8(14)10(2,11)12/h3-4H,5H2,1-2H3. The van der Waals surface area contributed by atoms with Crippen molar-refractivity contribution in [2.24, 2.45) is 0 Å². The fraction of sp³-hybridized carbons (Fsp3) is 0.400. The molecule has 2 nitrogen and oxygen atoms in total. The molecule has 0 aliphatic heterocycles. The van der Waals surface area contributed by atoms with E-state index in [9.17, 15) is 18.4 Å². The fourth-order valence-electron chi connectivity index (χ4n) is 1.04. The van der Waals surface area contributed by atoms with Crippen molar-refractivity contribution in [1.29, 1.82) is 0 Å². The minimum atomic E-state index is -3.43. The molecule has 1 aromatic rings. The Balaban J connectivity index is 2.74. The summed E-state index contributed by atoms with van der Waals surface area (Å²) in [5, 5.41) is 1.69. The Labute approximate surface area is 89.9 Å². The number of hydrogen-bond acceptors (Lipinski definition) is 3. The van der Waals surface area contributed by atoms with Gasteiger partial charge in [-0.3, -0.25) is 9.59 Å². The SMILES string of the molecule is Cc1ccsc1C(=O)CC(=O)C(C)(F)F. The molecular weight excluding hydrogens is 222 g/mol. The van der Waals surface area contributed by atoms with E-state index in [1.54, 1.807) is 18.4 Å². The molecule has 0 amide bonds. The van der Waals surface area contributed by atoms with E-state index in [1.807, 2.05) is 0 Å². The summed E-state index contributed by atoms with van der Waals surface area (Å²) in [7, 11) is 0. The second-order valence-electron chi connectivity index (χ2n) is 3.34. The quantitative estimate of drug-likeness (QED) is 0.591. The highest BCUT2D eigenvalue weighted by atomic mass is 32.1. The van der Waals surface area contributed by atoms with Gasteiger partial charge in [0.1, 0.15) is 0 Å². The van der Waals surface area contributed by atoms with Crippen LogP contribution in [-0.2, 0) is 4.79 Å². The highest BCUT2D eigenvalue weighted by Crippen LogP contribution is 2.21. The lowest BCUT2D eigenvalue weighted by Gasteiger charge is -2.07. The van der Waals surface area contributed by atoms with Crippen LogP contribution in [0.5, 0.6) is 0 Å². The number of Topliss-reactive ketones (excluding diaryl/α,β-unsaturated/α-hetero) is 2. The lowest BCUT2D eigenvalue weighted by Crippen LogP contribution is -2.26. The Morgan fingerprint density at radius 1 is 1.47 bits per heavy atom. The Morgan fingerprint density at radius 3 is 2.47 bits per heavy atom. The molecule has 5 heteroatoms. The van der Waals surface area contributed by atoms with E-state index < -0.39 is 23.9 Å². The molecule has 1 rings (SSSR count). The number of aryl methyl sites for hydroxylation is 1. The Hall–Kier alpha value is -1.10. The summed E-state index contributed by atoms with van der Waals surface area (Å²) in [6.07, 6.45) is -0.731. The summed E-state index contributed by atoms with van der Waals surface area (Å²) in [6.45, 7) is 2.21. The third-order valence-electron chi connectivity index (χ3n) is 1.93. The zero-order chi connectivity index (χ0) is 11.6. The first kappa shape index (κ1) is 12.0. The molecule has 1 heterocycles. The number of carbonyl (C=O) groups excluding carboxylic acids is 2. The van der Waals surface area contributed by atoms with Crippen molar-refractivity contribution in [2.45, 2.75) is 26.2 Å². The highest BCUT2D eigenvalue weighted by Gasteiger charge is 2.33. The van der Waals surface area contributed by atoms with Gasteiger partial charge in [0, 0.05) is 6.92 Å². The van der Waals surface area contributed by atoms with Crippen LogP contribution >= 0.6 is 11.3 Å². The Kier molecular flexibility index (Phi) is 3.34. The zero-order valence-corrected chi connectivity index (χ0v) is 9.16. The van der Waals surface area contributed by atoms with Gasteiger partial charge in [0.05, 0.1) is 11.3 Å². The number of hydrogen-bond donors (Lipinski definition) is 0. The predicted octanol–water partition coefficient (Wildman–Crippen LogP) is 2.85. The largest absolute Gasteiger partial charge is 0.303 e. The van der Waals surface area contributed by atoms with Gasteiger partial charge < -0.3 is 0 Å². The van der Waals surface area contributed by atoms with Gasteiger partial charge in [-0.15, -0.1) is 11.3 Å². The number of thiophene rings is 1. The van der Waals surface area contributed by atoms with Crippen LogP contribution in [0.3, 0.4) is 0 Å². The van der Waals surface area contributed by atoms with E-state index in [2.05, 4.69) is 0 Å².